The number of carbonyl (C=O) groups is 1. The van der Waals surface area contributed by atoms with Crippen LogP contribution < -0.4 is 5.32 Å². The van der Waals surface area contributed by atoms with Crippen LogP contribution in [0, 0.1) is 11.3 Å². The van der Waals surface area contributed by atoms with E-state index in [1.807, 2.05) is 26.8 Å². The summed E-state index contributed by atoms with van der Waals surface area (Å²) in [7, 11) is 0. The molecule has 4 nitrogen and oxygen atoms in total. The lowest BCUT2D eigenvalue weighted by molar-refractivity contribution is 0.0471. The SMILES string of the molecule is CC(C)(C)OC(=O)NC1CC(c2cc(Cl)ccc2C#N)C1. The smallest absolute Gasteiger partial charge is 0.407 e. The molecule has 1 amide bonds. The molecule has 0 heterocycles. The zero-order valence-electron chi connectivity index (χ0n) is 12.4. The summed E-state index contributed by atoms with van der Waals surface area (Å²) in [5, 5.41) is 12.6. The number of hydrogen-bond acceptors (Lipinski definition) is 3. The highest BCUT2D eigenvalue weighted by Crippen LogP contribution is 2.39. The third-order valence-corrected chi connectivity index (χ3v) is 3.67. The Morgan fingerprint density at radius 1 is 1.43 bits per heavy atom. The molecular formula is C16H19ClN2O2. The minimum absolute atomic E-state index is 0.0929. The van der Waals surface area contributed by atoms with Gasteiger partial charge in [0.25, 0.3) is 0 Å². The second-order valence-electron chi connectivity index (χ2n) is 6.35. The number of halogens is 1. The van der Waals surface area contributed by atoms with Gasteiger partial charge in [-0.05, 0) is 63.3 Å². The molecule has 1 saturated carbocycles. The fraction of sp³-hybridized carbons (Fsp3) is 0.500. The number of carbonyl (C=O) groups excluding carboxylic acids is 1. The zero-order valence-corrected chi connectivity index (χ0v) is 13.2. The predicted molar refractivity (Wildman–Crippen MR) is 81.3 cm³/mol. The van der Waals surface area contributed by atoms with Crippen LogP contribution in [-0.2, 0) is 4.74 Å². The van der Waals surface area contributed by atoms with Crippen molar-refractivity contribution >= 4 is 17.7 Å². The Kier molecular flexibility index (Phi) is 4.43. The van der Waals surface area contributed by atoms with Crippen molar-refractivity contribution in [3.05, 3.63) is 34.3 Å². The van der Waals surface area contributed by atoms with Crippen LogP contribution in [0.4, 0.5) is 4.79 Å². The number of nitriles is 1. The van der Waals surface area contributed by atoms with E-state index in [1.165, 1.54) is 0 Å². The van der Waals surface area contributed by atoms with Gasteiger partial charge in [-0.1, -0.05) is 11.6 Å². The van der Waals surface area contributed by atoms with Crippen LogP contribution in [-0.4, -0.2) is 17.7 Å². The van der Waals surface area contributed by atoms with Crippen LogP contribution in [0.1, 0.15) is 50.7 Å². The third-order valence-electron chi connectivity index (χ3n) is 3.43. The maximum atomic E-state index is 11.7. The summed E-state index contributed by atoms with van der Waals surface area (Å²) in [6.45, 7) is 5.50. The van der Waals surface area contributed by atoms with E-state index < -0.39 is 11.7 Å². The van der Waals surface area contributed by atoms with Crippen molar-refractivity contribution < 1.29 is 9.53 Å². The average Bonchev–Trinajstić information content (AvgIpc) is 2.31. The lowest BCUT2D eigenvalue weighted by Crippen LogP contribution is -2.45. The largest absolute Gasteiger partial charge is 0.444 e. The first-order chi connectivity index (χ1) is 9.78. The number of rotatable bonds is 2. The molecule has 0 unspecified atom stereocenters. The second-order valence-corrected chi connectivity index (χ2v) is 6.79. The molecule has 1 aromatic rings. The highest BCUT2D eigenvalue weighted by molar-refractivity contribution is 6.30. The first kappa shape index (κ1) is 15.7. The molecule has 0 bridgehead atoms. The first-order valence-corrected chi connectivity index (χ1v) is 7.35. The quantitative estimate of drug-likeness (QED) is 0.899. The van der Waals surface area contributed by atoms with Crippen molar-refractivity contribution in [2.24, 2.45) is 0 Å². The molecule has 0 radical (unpaired) electrons. The molecule has 2 rings (SSSR count). The highest BCUT2D eigenvalue weighted by atomic mass is 35.5. The Morgan fingerprint density at radius 2 is 2.10 bits per heavy atom. The van der Waals surface area contributed by atoms with E-state index in [9.17, 15) is 4.79 Å². The number of nitrogens with one attached hydrogen (secondary N) is 1. The third kappa shape index (κ3) is 4.12. The van der Waals surface area contributed by atoms with Gasteiger partial charge in [0.1, 0.15) is 5.60 Å². The molecule has 0 saturated heterocycles. The fourth-order valence-corrected chi connectivity index (χ4v) is 2.62. The van der Waals surface area contributed by atoms with Gasteiger partial charge in [0, 0.05) is 11.1 Å². The minimum Gasteiger partial charge on any atom is -0.444 e. The second kappa shape index (κ2) is 5.95. The first-order valence-electron chi connectivity index (χ1n) is 6.97. The summed E-state index contributed by atoms with van der Waals surface area (Å²) in [6, 6.07) is 7.59. The van der Waals surface area contributed by atoms with Crippen LogP contribution in [0.3, 0.4) is 0 Å². The maximum absolute atomic E-state index is 11.7. The van der Waals surface area contributed by atoms with Crippen molar-refractivity contribution in [1.82, 2.24) is 5.32 Å². The molecule has 1 N–H and O–H groups in total. The summed E-state index contributed by atoms with van der Waals surface area (Å²) in [6.07, 6.45) is 1.21. The molecule has 0 spiro atoms. The summed E-state index contributed by atoms with van der Waals surface area (Å²) < 4.78 is 5.23. The Balaban J connectivity index is 1.91. The molecular weight excluding hydrogens is 288 g/mol. The van der Waals surface area contributed by atoms with E-state index >= 15 is 0 Å². The van der Waals surface area contributed by atoms with Gasteiger partial charge in [0.05, 0.1) is 11.6 Å². The summed E-state index contributed by atoms with van der Waals surface area (Å²) >= 11 is 5.99. The van der Waals surface area contributed by atoms with Gasteiger partial charge in [-0.15, -0.1) is 0 Å². The van der Waals surface area contributed by atoms with Gasteiger partial charge in [-0.2, -0.15) is 5.26 Å². The summed E-state index contributed by atoms with van der Waals surface area (Å²) in [4.78, 5) is 11.7. The van der Waals surface area contributed by atoms with E-state index in [0.717, 1.165) is 18.4 Å². The van der Waals surface area contributed by atoms with E-state index in [-0.39, 0.29) is 12.0 Å². The normalized spacial score (nSPS) is 21.1. The molecule has 0 aliphatic heterocycles. The van der Waals surface area contributed by atoms with Crippen LogP contribution in [0.25, 0.3) is 0 Å². The van der Waals surface area contributed by atoms with E-state index in [4.69, 9.17) is 21.6 Å². The van der Waals surface area contributed by atoms with E-state index in [1.54, 1.807) is 12.1 Å². The summed E-state index contributed by atoms with van der Waals surface area (Å²) in [5.41, 5.74) is 1.13. The van der Waals surface area contributed by atoms with Crippen molar-refractivity contribution in [3.63, 3.8) is 0 Å². The molecule has 1 aliphatic carbocycles. The fourth-order valence-electron chi connectivity index (χ4n) is 2.44. The monoisotopic (exact) mass is 306 g/mol. The molecule has 21 heavy (non-hydrogen) atoms. The average molecular weight is 307 g/mol. The Labute approximate surface area is 130 Å². The summed E-state index contributed by atoms with van der Waals surface area (Å²) in [5.74, 6) is 0.262. The van der Waals surface area contributed by atoms with Crippen molar-refractivity contribution in [3.8, 4) is 6.07 Å². The van der Waals surface area contributed by atoms with Gasteiger partial charge in [-0.3, -0.25) is 0 Å². The number of hydrogen-bond donors (Lipinski definition) is 1. The number of amides is 1. The van der Waals surface area contributed by atoms with Gasteiger partial charge >= 0.3 is 6.09 Å². The molecule has 1 aliphatic rings. The van der Waals surface area contributed by atoms with Crippen LogP contribution >= 0.6 is 11.6 Å². The standard InChI is InChI=1S/C16H19ClN2O2/c1-16(2,3)21-15(20)19-13-6-11(7-13)14-8-12(17)5-4-10(14)9-18/h4-5,8,11,13H,6-7H2,1-3H3,(H,19,20). The molecule has 1 fully saturated rings. The van der Waals surface area contributed by atoms with Crippen molar-refractivity contribution in [1.29, 1.82) is 5.26 Å². The van der Waals surface area contributed by atoms with E-state index in [2.05, 4.69) is 11.4 Å². The highest BCUT2D eigenvalue weighted by Gasteiger charge is 2.33. The van der Waals surface area contributed by atoms with Gasteiger partial charge < -0.3 is 10.1 Å². The van der Waals surface area contributed by atoms with Crippen molar-refractivity contribution in [2.45, 2.75) is 51.2 Å². The van der Waals surface area contributed by atoms with Crippen LogP contribution in [0.5, 0.6) is 0 Å². The molecule has 5 heteroatoms. The lowest BCUT2D eigenvalue weighted by atomic mass is 9.74. The van der Waals surface area contributed by atoms with Gasteiger partial charge in [0.15, 0.2) is 0 Å². The molecule has 0 atom stereocenters. The predicted octanol–water partition coefficient (Wildman–Crippen LogP) is 3.98. The Bertz CT molecular complexity index is 581. The molecule has 0 aromatic heterocycles. The number of nitrogens with zero attached hydrogens (tertiary/aromatic N) is 1. The van der Waals surface area contributed by atoms with Gasteiger partial charge in [-0.25, -0.2) is 4.79 Å². The van der Waals surface area contributed by atoms with Crippen molar-refractivity contribution in [2.75, 3.05) is 0 Å². The van der Waals surface area contributed by atoms with Crippen LogP contribution in [0.2, 0.25) is 5.02 Å². The van der Waals surface area contributed by atoms with E-state index in [0.29, 0.717) is 10.6 Å². The number of alkyl carbamates (subject to hydrolysis) is 1. The Hall–Kier alpha value is -1.73. The molecule has 1 aromatic carbocycles. The maximum Gasteiger partial charge on any atom is 0.407 e. The lowest BCUT2D eigenvalue weighted by Gasteiger charge is -2.37. The number of ether oxygens (including phenoxy) is 1. The van der Waals surface area contributed by atoms with Gasteiger partial charge in [0.2, 0.25) is 0 Å². The topological polar surface area (TPSA) is 62.1 Å². The molecule has 112 valence electrons. The number of benzene rings is 1. The van der Waals surface area contributed by atoms with Crippen LogP contribution in [0.15, 0.2) is 18.2 Å². The zero-order chi connectivity index (χ0) is 15.6. The minimum atomic E-state index is -0.492. The Morgan fingerprint density at radius 3 is 2.67 bits per heavy atom.